The van der Waals surface area contributed by atoms with Gasteiger partial charge >= 0.3 is 0 Å². The normalized spacial score (nSPS) is 18.1. The Hall–Kier alpha value is -3.41. The molecule has 0 saturated carbocycles. The van der Waals surface area contributed by atoms with Crippen LogP contribution in [0.3, 0.4) is 0 Å². The summed E-state index contributed by atoms with van der Waals surface area (Å²) in [5.74, 6) is 3.27. The maximum absolute atomic E-state index is 9.16. The van der Waals surface area contributed by atoms with Crippen LogP contribution in [0.4, 0.5) is 5.82 Å². The summed E-state index contributed by atoms with van der Waals surface area (Å²) in [6.07, 6.45) is 6.27. The molecule has 1 saturated heterocycles. The highest BCUT2D eigenvalue weighted by Gasteiger charge is 2.26. The average Bonchev–Trinajstić information content (AvgIpc) is 3.45. The average molecular weight is 390 g/mol. The molecule has 1 atom stereocenters. The van der Waals surface area contributed by atoms with Gasteiger partial charge < -0.3 is 14.2 Å². The molecule has 0 spiro atoms. The van der Waals surface area contributed by atoms with Crippen LogP contribution in [0.15, 0.2) is 24.8 Å². The summed E-state index contributed by atoms with van der Waals surface area (Å²) in [6, 6.07) is 4.52. The van der Waals surface area contributed by atoms with Crippen molar-refractivity contribution in [1.82, 2.24) is 29.3 Å². The molecule has 0 radical (unpaired) electrons. The van der Waals surface area contributed by atoms with Crippen LogP contribution in [0.1, 0.15) is 26.3 Å². The molecular formula is C20H22N8O. The standard InChI is InChI=1S/C20H22N8O/c1-13(2)28-20(23-12-24-28)16-11-27-5-6-29-17-7-18(22-9-15(17)19(27)25-16)26-4-3-14(8-21)10-26/h7,9,11-14H,3-6,10H2,1-2H3/t14-/m1/s1. The zero-order valence-electron chi connectivity index (χ0n) is 16.5. The van der Waals surface area contributed by atoms with Crippen LogP contribution in [-0.2, 0) is 6.54 Å². The third-order valence-corrected chi connectivity index (χ3v) is 5.44. The van der Waals surface area contributed by atoms with E-state index >= 15 is 0 Å². The molecule has 0 N–H and O–H groups in total. The number of imidazole rings is 1. The molecule has 9 nitrogen and oxygen atoms in total. The minimum Gasteiger partial charge on any atom is -0.491 e. The fourth-order valence-electron chi connectivity index (χ4n) is 3.93. The molecule has 2 aliphatic heterocycles. The predicted molar refractivity (Wildman–Crippen MR) is 106 cm³/mol. The second kappa shape index (κ2) is 6.88. The van der Waals surface area contributed by atoms with E-state index in [1.807, 2.05) is 23.1 Å². The van der Waals surface area contributed by atoms with Crippen molar-refractivity contribution < 1.29 is 4.74 Å². The predicted octanol–water partition coefficient (Wildman–Crippen LogP) is 2.53. The van der Waals surface area contributed by atoms with Gasteiger partial charge in [-0.25, -0.2) is 19.6 Å². The second-order valence-electron chi connectivity index (χ2n) is 7.71. The third-order valence-electron chi connectivity index (χ3n) is 5.44. The summed E-state index contributed by atoms with van der Waals surface area (Å²) in [7, 11) is 0. The zero-order valence-corrected chi connectivity index (χ0v) is 16.5. The lowest BCUT2D eigenvalue weighted by Crippen LogP contribution is -2.20. The Balaban J connectivity index is 1.52. The molecule has 0 unspecified atom stereocenters. The van der Waals surface area contributed by atoms with Crippen LogP contribution in [0.5, 0.6) is 5.75 Å². The molecular weight excluding hydrogens is 368 g/mol. The first-order valence-corrected chi connectivity index (χ1v) is 9.89. The second-order valence-corrected chi connectivity index (χ2v) is 7.71. The molecule has 0 aliphatic carbocycles. The Morgan fingerprint density at radius 2 is 2.14 bits per heavy atom. The molecule has 148 valence electrons. The number of nitrogens with zero attached hydrogens (tertiary/aromatic N) is 8. The highest BCUT2D eigenvalue weighted by Crippen LogP contribution is 2.36. The molecule has 5 heterocycles. The lowest BCUT2D eigenvalue weighted by Gasteiger charge is -2.18. The van der Waals surface area contributed by atoms with Gasteiger partial charge in [0.15, 0.2) is 5.82 Å². The van der Waals surface area contributed by atoms with Crippen molar-refractivity contribution in [2.75, 3.05) is 24.6 Å². The van der Waals surface area contributed by atoms with Crippen molar-refractivity contribution in [3.63, 3.8) is 0 Å². The monoisotopic (exact) mass is 390 g/mol. The van der Waals surface area contributed by atoms with E-state index in [4.69, 9.17) is 15.0 Å². The van der Waals surface area contributed by atoms with Gasteiger partial charge in [0.2, 0.25) is 0 Å². The third kappa shape index (κ3) is 3.01. The van der Waals surface area contributed by atoms with Crippen molar-refractivity contribution in [3.8, 4) is 34.7 Å². The van der Waals surface area contributed by atoms with Gasteiger partial charge in [0.25, 0.3) is 0 Å². The Labute approximate surface area is 168 Å². The highest BCUT2D eigenvalue weighted by atomic mass is 16.5. The number of fused-ring (bicyclic) bond motifs is 3. The maximum Gasteiger partial charge on any atom is 0.178 e. The Kier molecular flexibility index (Phi) is 4.19. The summed E-state index contributed by atoms with van der Waals surface area (Å²) in [5.41, 5.74) is 1.66. The fourth-order valence-corrected chi connectivity index (χ4v) is 3.93. The fraction of sp³-hybridized carbons (Fsp3) is 0.450. The summed E-state index contributed by atoms with van der Waals surface area (Å²) < 4.78 is 9.97. The van der Waals surface area contributed by atoms with Crippen molar-refractivity contribution in [3.05, 3.63) is 24.8 Å². The SMILES string of the molecule is CC(C)n1ncnc1-c1cn2c(n1)-c1cnc(N3CC[C@H](C#N)C3)cc1OCC2. The largest absolute Gasteiger partial charge is 0.491 e. The highest BCUT2D eigenvalue weighted by molar-refractivity contribution is 5.69. The number of anilines is 1. The first kappa shape index (κ1) is 17.7. The van der Waals surface area contributed by atoms with Gasteiger partial charge in [-0.2, -0.15) is 10.4 Å². The molecule has 0 aromatic carbocycles. The van der Waals surface area contributed by atoms with Crippen LogP contribution >= 0.6 is 0 Å². The van der Waals surface area contributed by atoms with Crippen molar-refractivity contribution in [2.24, 2.45) is 5.92 Å². The molecule has 5 rings (SSSR count). The van der Waals surface area contributed by atoms with E-state index in [0.717, 1.165) is 47.4 Å². The van der Waals surface area contributed by atoms with Gasteiger partial charge in [0, 0.05) is 37.6 Å². The van der Waals surface area contributed by atoms with Crippen LogP contribution in [0.2, 0.25) is 0 Å². The number of ether oxygens (including phenoxy) is 1. The number of nitriles is 1. The summed E-state index contributed by atoms with van der Waals surface area (Å²) >= 11 is 0. The van der Waals surface area contributed by atoms with E-state index in [9.17, 15) is 0 Å². The minimum atomic E-state index is 0.0660. The van der Waals surface area contributed by atoms with Crippen molar-refractivity contribution >= 4 is 5.82 Å². The Bertz CT molecular complexity index is 1090. The molecule has 3 aromatic rings. The van der Waals surface area contributed by atoms with Crippen molar-refractivity contribution in [2.45, 2.75) is 32.9 Å². The molecule has 9 heteroatoms. The number of aromatic nitrogens is 6. The van der Waals surface area contributed by atoms with Gasteiger partial charge in [-0.05, 0) is 20.3 Å². The van der Waals surface area contributed by atoms with Crippen LogP contribution in [0, 0.1) is 17.2 Å². The summed E-state index contributed by atoms with van der Waals surface area (Å²) in [6.45, 7) is 6.95. The smallest absolute Gasteiger partial charge is 0.178 e. The van der Waals surface area contributed by atoms with Crippen molar-refractivity contribution in [1.29, 1.82) is 5.26 Å². The van der Waals surface area contributed by atoms with Gasteiger partial charge in [-0.15, -0.1) is 0 Å². The first-order valence-electron chi connectivity index (χ1n) is 9.89. The zero-order chi connectivity index (χ0) is 20.0. The van der Waals surface area contributed by atoms with E-state index in [2.05, 4.69) is 44.5 Å². The molecule has 0 amide bonds. The van der Waals surface area contributed by atoms with Gasteiger partial charge in [0.05, 0.1) is 24.1 Å². The summed E-state index contributed by atoms with van der Waals surface area (Å²) in [4.78, 5) is 16.1. The first-order chi connectivity index (χ1) is 14.1. The van der Waals surface area contributed by atoms with E-state index in [-0.39, 0.29) is 12.0 Å². The van der Waals surface area contributed by atoms with Crippen LogP contribution in [0.25, 0.3) is 22.9 Å². The molecule has 2 aliphatic rings. The van der Waals surface area contributed by atoms with E-state index < -0.39 is 0 Å². The van der Waals surface area contributed by atoms with Crippen LogP contribution < -0.4 is 9.64 Å². The quantitative estimate of drug-likeness (QED) is 0.678. The van der Waals surface area contributed by atoms with E-state index in [1.165, 1.54) is 0 Å². The molecule has 0 bridgehead atoms. The van der Waals surface area contributed by atoms with Gasteiger partial charge in [-0.3, -0.25) is 0 Å². The number of hydrogen-bond acceptors (Lipinski definition) is 7. The Morgan fingerprint density at radius 3 is 2.93 bits per heavy atom. The minimum absolute atomic E-state index is 0.0660. The Morgan fingerprint density at radius 1 is 1.24 bits per heavy atom. The number of pyridine rings is 1. The van der Waals surface area contributed by atoms with Gasteiger partial charge in [-0.1, -0.05) is 0 Å². The number of rotatable bonds is 3. The molecule has 1 fully saturated rings. The molecule has 3 aromatic heterocycles. The lowest BCUT2D eigenvalue weighted by atomic mass is 10.1. The van der Waals surface area contributed by atoms with E-state index in [1.54, 1.807) is 6.33 Å². The summed E-state index contributed by atoms with van der Waals surface area (Å²) in [5, 5.41) is 13.5. The topological polar surface area (TPSA) is 97.7 Å². The lowest BCUT2D eigenvalue weighted by molar-refractivity contribution is 0.306. The van der Waals surface area contributed by atoms with Crippen LogP contribution in [-0.4, -0.2) is 49.0 Å². The molecule has 29 heavy (non-hydrogen) atoms. The van der Waals surface area contributed by atoms with E-state index in [0.29, 0.717) is 19.7 Å². The van der Waals surface area contributed by atoms with Gasteiger partial charge in [0.1, 0.15) is 36.0 Å². The maximum atomic E-state index is 9.16. The number of hydrogen-bond donors (Lipinski definition) is 0.